The SMILES string of the molecule is O=C(O)[C@H]1C[C@@H]1c1ccccc1-c1c(F)cccc1F. The maximum atomic E-state index is 13.9. The highest BCUT2D eigenvalue weighted by molar-refractivity contribution is 5.78. The van der Waals surface area contributed by atoms with Crippen LogP contribution in [0.1, 0.15) is 17.9 Å². The first-order valence-electron chi connectivity index (χ1n) is 6.35. The van der Waals surface area contributed by atoms with E-state index < -0.39 is 23.5 Å². The molecule has 0 amide bonds. The predicted octanol–water partition coefficient (Wildman–Crippen LogP) is 3.82. The first-order chi connectivity index (χ1) is 9.59. The fraction of sp³-hybridized carbons (Fsp3) is 0.188. The van der Waals surface area contributed by atoms with Crippen molar-refractivity contribution in [2.45, 2.75) is 12.3 Å². The van der Waals surface area contributed by atoms with Crippen LogP contribution in [0, 0.1) is 17.6 Å². The molecule has 0 saturated heterocycles. The Labute approximate surface area is 114 Å². The molecule has 1 N–H and O–H groups in total. The minimum atomic E-state index is -0.862. The average molecular weight is 274 g/mol. The average Bonchev–Trinajstić information content (AvgIpc) is 3.19. The van der Waals surface area contributed by atoms with Gasteiger partial charge in [0.1, 0.15) is 11.6 Å². The molecule has 0 radical (unpaired) electrons. The maximum Gasteiger partial charge on any atom is 0.307 e. The molecule has 0 unspecified atom stereocenters. The summed E-state index contributed by atoms with van der Waals surface area (Å²) in [4.78, 5) is 11.0. The number of carbonyl (C=O) groups is 1. The Kier molecular flexibility index (Phi) is 3.01. The van der Waals surface area contributed by atoms with E-state index in [1.807, 2.05) is 0 Å². The number of hydrogen-bond acceptors (Lipinski definition) is 1. The molecule has 2 aromatic rings. The standard InChI is InChI=1S/C16H12F2O2/c17-13-6-3-7-14(18)15(13)10-5-2-1-4-9(10)11-8-12(11)16(19)20/h1-7,11-12H,8H2,(H,19,20)/t11-,12+/m1/s1. The van der Waals surface area contributed by atoms with E-state index in [9.17, 15) is 13.6 Å². The van der Waals surface area contributed by atoms with Crippen LogP contribution in [0.2, 0.25) is 0 Å². The van der Waals surface area contributed by atoms with Crippen LogP contribution in [0.15, 0.2) is 42.5 Å². The van der Waals surface area contributed by atoms with Crippen molar-refractivity contribution in [3.63, 3.8) is 0 Å². The number of carboxylic acids is 1. The highest BCUT2D eigenvalue weighted by Crippen LogP contribution is 2.50. The van der Waals surface area contributed by atoms with Gasteiger partial charge in [0.25, 0.3) is 0 Å². The molecule has 4 heteroatoms. The number of hydrogen-bond donors (Lipinski definition) is 1. The second-order valence-corrected chi connectivity index (χ2v) is 4.97. The normalized spacial score (nSPS) is 20.7. The molecule has 1 aliphatic carbocycles. The zero-order valence-corrected chi connectivity index (χ0v) is 10.5. The largest absolute Gasteiger partial charge is 0.481 e. The van der Waals surface area contributed by atoms with Crippen molar-refractivity contribution in [1.29, 1.82) is 0 Å². The van der Waals surface area contributed by atoms with Crippen molar-refractivity contribution in [2.75, 3.05) is 0 Å². The Balaban J connectivity index is 2.10. The fourth-order valence-corrected chi connectivity index (χ4v) is 2.61. The lowest BCUT2D eigenvalue weighted by Crippen LogP contribution is -2.00. The van der Waals surface area contributed by atoms with Crippen molar-refractivity contribution in [3.8, 4) is 11.1 Å². The molecule has 2 atom stereocenters. The van der Waals surface area contributed by atoms with Gasteiger partial charge in [0.2, 0.25) is 0 Å². The number of carboxylic acid groups (broad SMARTS) is 1. The van der Waals surface area contributed by atoms with E-state index in [0.29, 0.717) is 17.5 Å². The van der Waals surface area contributed by atoms with Crippen molar-refractivity contribution in [3.05, 3.63) is 59.7 Å². The first kappa shape index (κ1) is 12.8. The van der Waals surface area contributed by atoms with E-state index in [4.69, 9.17) is 5.11 Å². The molecule has 20 heavy (non-hydrogen) atoms. The molecule has 0 heterocycles. The van der Waals surface area contributed by atoms with Crippen LogP contribution in [0.4, 0.5) is 8.78 Å². The summed E-state index contributed by atoms with van der Waals surface area (Å²) >= 11 is 0. The second-order valence-electron chi connectivity index (χ2n) is 4.97. The van der Waals surface area contributed by atoms with E-state index in [0.717, 1.165) is 0 Å². The fourth-order valence-electron chi connectivity index (χ4n) is 2.61. The maximum absolute atomic E-state index is 13.9. The van der Waals surface area contributed by atoms with Gasteiger partial charge in [-0.15, -0.1) is 0 Å². The summed E-state index contributed by atoms with van der Waals surface area (Å²) in [6.45, 7) is 0. The molecular formula is C16H12F2O2. The third-order valence-electron chi connectivity index (χ3n) is 3.70. The van der Waals surface area contributed by atoms with E-state index >= 15 is 0 Å². The summed E-state index contributed by atoms with van der Waals surface area (Å²) in [6, 6.07) is 10.6. The van der Waals surface area contributed by atoms with E-state index in [1.165, 1.54) is 18.2 Å². The molecule has 0 spiro atoms. The van der Waals surface area contributed by atoms with Gasteiger partial charge in [0, 0.05) is 0 Å². The van der Waals surface area contributed by atoms with Gasteiger partial charge in [0.15, 0.2) is 0 Å². The number of rotatable bonds is 3. The molecule has 1 saturated carbocycles. The van der Waals surface area contributed by atoms with Crippen LogP contribution in [0.3, 0.4) is 0 Å². The van der Waals surface area contributed by atoms with Gasteiger partial charge in [0.05, 0.1) is 11.5 Å². The van der Waals surface area contributed by atoms with E-state index in [-0.39, 0.29) is 11.5 Å². The summed E-state index contributed by atoms with van der Waals surface area (Å²) in [5.41, 5.74) is 1.06. The van der Waals surface area contributed by atoms with E-state index in [2.05, 4.69) is 0 Å². The van der Waals surface area contributed by atoms with Gasteiger partial charge in [-0.2, -0.15) is 0 Å². The van der Waals surface area contributed by atoms with Gasteiger partial charge in [-0.05, 0) is 35.6 Å². The van der Waals surface area contributed by atoms with Crippen molar-refractivity contribution in [2.24, 2.45) is 5.92 Å². The Bertz CT molecular complexity index is 662. The van der Waals surface area contributed by atoms with Crippen molar-refractivity contribution >= 4 is 5.97 Å². The Morgan fingerprint density at radius 2 is 1.70 bits per heavy atom. The summed E-state index contributed by atoms with van der Waals surface area (Å²) < 4.78 is 27.8. The van der Waals surface area contributed by atoms with Crippen molar-refractivity contribution < 1.29 is 18.7 Å². The van der Waals surface area contributed by atoms with Gasteiger partial charge in [-0.3, -0.25) is 4.79 Å². The molecule has 1 fully saturated rings. The highest BCUT2D eigenvalue weighted by atomic mass is 19.1. The third kappa shape index (κ3) is 2.07. The lowest BCUT2D eigenvalue weighted by atomic mass is 9.95. The Hall–Kier alpha value is -2.23. The first-order valence-corrected chi connectivity index (χ1v) is 6.35. The number of halogens is 2. The lowest BCUT2D eigenvalue weighted by molar-refractivity contribution is -0.138. The smallest absolute Gasteiger partial charge is 0.307 e. The van der Waals surface area contributed by atoms with Crippen LogP contribution in [0.5, 0.6) is 0 Å². The van der Waals surface area contributed by atoms with Crippen LogP contribution in [0.25, 0.3) is 11.1 Å². The third-order valence-corrected chi connectivity index (χ3v) is 3.70. The summed E-state index contributed by atoms with van der Waals surface area (Å²) in [7, 11) is 0. The van der Waals surface area contributed by atoms with Crippen LogP contribution in [-0.4, -0.2) is 11.1 Å². The minimum absolute atomic E-state index is 0.0841. The Morgan fingerprint density at radius 1 is 1.05 bits per heavy atom. The monoisotopic (exact) mass is 274 g/mol. The van der Waals surface area contributed by atoms with Gasteiger partial charge < -0.3 is 5.11 Å². The molecule has 0 bridgehead atoms. The summed E-state index contributed by atoms with van der Waals surface area (Å²) in [5, 5.41) is 9.01. The minimum Gasteiger partial charge on any atom is -0.481 e. The lowest BCUT2D eigenvalue weighted by Gasteiger charge is -2.11. The zero-order valence-electron chi connectivity index (χ0n) is 10.5. The molecule has 1 aliphatic rings. The van der Waals surface area contributed by atoms with E-state index in [1.54, 1.807) is 24.3 Å². The van der Waals surface area contributed by atoms with Crippen LogP contribution >= 0.6 is 0 Å². The van der Waals surface area contributed by atoms with Gasteiger partial charge in [-0.25, -0.2) is 8.78 Å². The quantitative estimate of drug-likeness (QED) is 0.923. The molecule has 0 aromatic heterocycles. The summed E-state index contributed by atoms with van der Waals surface area (Å²) in [5.74, 6) is -2.75. The number of aliphatic carboxylic acids is 1. The molecule has 2 aromatic carbocycles. The topological polar surface area (TPSA) is 37.3 Å². The predicted molar refractivity (Wildman–Crippen MR) is 70.3 cm³/mol. The molecule has 0 aliphatic heterocycles. The molecule has 102 valence electrons. The van der Waals surface area contributed by atoms with Gasteiger partial charge >= 0.3 is 5.97 Å². The summed E-state index contributed by atoms with van der Waals surface area (Å²) in [6.07, 6.45) is 0.516. The van der Waals surface area contributed by atoms with Crippen LogP contribution < -0.4 is 0 Å². The Morgan fingerprint density at radius 3 is 2.30 bits per heavy atom. The highest BCUT2D eigenvalue weighted by Gasteiger charge is 2.45. The molecular weight excluding hydrogens is 262 g/mol. The van der Waals surface area contributed by atoms with Crippen molar-refractivity contribution in [1.82, 2.24) is 0 Å². The second kappa shape index (κ2) is 4.71. The molecule has 3 rings (SSSR count). The van der Waals surface area contributed by atoms with Crippen LogP contribution in [-0.2, 0) is 4.79 Å². The van der Waals surface area contributed by atoms with Gasteiger partial charge in [-0.1, -0.05) is 30.3 Å². The molecule has 2 nitrogen and oxygen atoms in total. The zero-order chi connectivity index (χ0) is 14.3. The number of benzene rings is 2.